The summed E-state index contributed by atoms with van der Waals surface area (Å²) in [6.07, 6.45) is 0. The van der Waals surface area contributed by atoms with Gasteiger partial charge in [-0.3, -0.25) is 0 Å². The lowest BCUT2D eigenvalue weighted by molar-refractivity contribution is 0.619. The summed E-state index contributed by atoms with van der Waals surface area (Å²) in [5, 5.41) is 0. The predicted octanol–water partition coefficient (Wildman–Crippen LogP) is 3.99. The molecule has 0 saturated carbocycles. The molecule has 0 bridgehead atoms. The fourth-order valence-corrected chi connectivity index (χ4v) is 2.00. The van der Waals surface area contributed by atoms with E-state index in [9.17, 15) is 4.39 Å². The van der Waals surface area contributed by atoms with E-state index in [-0.39, 0.29) is 5.82 Å². The smallest absolute Gasteiger partial charge is 0.138 e. The van der Waals surface area contributed by atoms with Crippen molar-refractivity contribution in [2.24, 2.45) is 0 Å². The van der Waals surface area contributed by atoms with E-state index in [0.717, 1.165) is 16.6 Å². The Balaban J connectivity index is 2.16. The summed E-state index contributed by atoms with van der Waals surface area (Å²) in [5.41, 5.74) is 4.47. The normalized spacial score (nSPS) is 11.1. The molecule has 0 radical (unpaired) electrons. The molecule has 0 unspecified atom stereocenters. The van der Waals surface area contributed by atoms with Gasteiger partial charge in [0.25, 0.3) is 0 Å². The number of H-pyrrole nitrogens is 1. The summed E-state index contributed by atoms with van der Waals surface area (Å²) in [4.78, 5) is 7.69. The lowest BCUT2D eigenvalue weighted by atomic mass is 10.1. The topological polar surface area (TPSA) is 28.7 Å². The summed E-state index contributed by atoms with van der Waals surface area (Å²) in [6.45, 7) is 3.78. The van der Waals surface area contributed by atoms with Crippen LogP contribution in [0.25, 0.3) is 22.4 Å². The van der Waals surface area contributed by atoms with E-state index in [1.54, 1.807) is 13.0 Å². The van der Waals surface area contributed by atoms with Crippen molar-refractivity contribution < 1.29 is 4.39 Å². The van der Waals surface area contributed by atoms with Gasteiger partial charge in [0.05, 0.1) is 11.0 Å². The van der Waals surface area contributed by atoms with Crippen LogP contribution >= 0.6 is 0 Å². The van der Waals surface area contributed by atoms with E-state index < -0.39 is 0 Å². The SMILES string of the molecule is Cc1ccc2nc(-c3ccc(C)c(F)c3)[nH]c2c1. The standard InChI is InChI=1S/C15H13FN2/c1-9-3-6-13-14(7-9)18-15(17-13)11-5-4-10(2)12(16)8-11/h3-8H,1-2H3,(H,17,18). The van der Waals surface area contributed by atoms with Crippen LogP contribution in [0.15, 0.2) is 36.4 Å². The van der Waals surface area contributed by atoms with Crippen molar-refractivity contribution in [1.29, 1.82) is 0 Å². The average Bonchev–Trinajstić information content (AvgIpc) is 2.75. The summed E-state index contributed by atoms with van der Waals surface area (Å²) < 4.78 is 13.5. The Morgan fingerprint density at radius 2 is 1.89 bits per heavy atom. The molecule has 1 aromatic heterocycles. The highest BCUT2D eigenvalue weighted by Crippen LogP contribution is 2.22. The number of aromatic amines is 1. The Bertz CT molecular complexity index is 728. The van der Waals surface area contributed by atoms with Crippen molar-refractivity contribution in [3.63, 3.8) is 0 Å². The highest BCUT2D eigenvalue weighted by Gasteiger charge is 2.07. The fraction of sp³-hybridized carbons (Fsp3) is 0.133. The maximum Gasteiger partial charge on any atom is 0.138 e. The van der Waals surface area contributed by atoms with Crippen LogP contribution in [-0.4, -0.2) is 9.97 Å². The number of imidazole rings is 1. The van der Waals surface area contributed by atoms with E-state index >= 15 is 0 Å². The van der Waals surface area contributed by atoms with Gasteiger partial charge in [0.2, 0.25) is 0 Å². The molecule has 18 heavy (non-hydrogen) atoms. The van der Waals surface area contributed by atoms with Crippen LogP contribution in [0.2, 0.25) is 0 Å². The van der Waals surface area contributed by atoms with E-state index in [0.29, 0.717) is 11.4 Å². The third kappa shape index (κ3) is 1.78. The number of aromatic nitrogens is 2. The van der Waals surface area contributed by atoms with Crippen LogP contribution in [-0.2, 0) is 0 Å². The van der Waals surface area contributed by atoms with E-state index in [4.69, 9.17) is 0 Å². The number of aryl methyl sites for hydroxylation is 2. The maximum atomic E-state index is 13.5. The summed E-state index contributed by atoms with van der Waals surface area (Å²) >= 11 is 0. The molecule has 0 aliphatic rings. The van der Waals surface area contributed by atoms with Crippen molar-refractivity contribution in [2.45, 2.75) is 13.8 Å². The molecule has 1 N–H and O–H groups in total. The molecule has 0 aliphatic carbocycles. The highest BCUT2D eigenvalue weighted by molar-refractivity contribution is 5.80. The molecule has 0 amide bonds. The zero-order valence-electron chi connectivity index (χ0n) is 10.3. The third-order valence-corrected chi connectivity index (χ3v) is 3.08. The molecule has 0 saturated heterocycles. The van der Waals surface area contributed by atoms with E-state index in [1.807, 2.05) is 31.2 Å². The zero-order chi connectivity index (χ0) is 12.7. The first-order chi connectivity index (χ1) is 8.63. The Kier molecular flexibility index (Phi) is 2.40. The third-order valence-electron chi connectivity index (χ3n) is 3.08. The Morgan fingerprint density at radius 1 is 1.06 bits per heavy atom. The summed E-state index contributed by atoms with van der Waals surface area (Å²) in [7, 11) is 0. The zero-order valence-corrected chi connectivity index (χ0v) is 10.3. The van der Waals surface area contributed by atoms with Gasteiger partial charge in [0.1, 0.15) is 11.6 Å². The number of hydrogen-bond donors (Lipinski definition) is 1. The molecule has 3 rings (SSSR count). The number of hydrogen-bond acceptors (Lipinski definition) is 1. The second kappa shape index (κ2) is 3.95. The second-order valence-corrected chi connectivity index (χ2v) is 4.57. The lowest BCUT2D eigenvalue weighted by Crippen LogP contribution is -1.85. The number of rotatable bonds is 1. The molecular formula is C15H13FN2. The van der Waals surface area contributed by atoms with Crippen molar-refractivity contribution in [2.75, 3.05) is 0 Å². The Morgan fingerprint density at radius 3 is 2.67 bits per heavy atom. The number of halogens is 1. The van der Waals surface area contributed by atoms with Gasteiger partial charge >= 0.3 is 0 Å². The maximum absolute atomic E-state index is 13.5. The van der Waals surface area contributed by atoms with Crippen molar-refractivity contribution in [1.82, 2.24) is 9.97 Å². The number of nitrogens with one attached hydrogen (secondary N) is 1. The van der Waals surface area contributed by atoms with Crippen molar-refractivity contribution in [3.8, 4) is 11.4 Å². The van der Waals surface area contributed by atoms with Gasteiger partial charge in [-0.05, 0) is 43.2 Å². The van der Waals surface area contributed by atoms with Gasteiger partial charge in [-0.2, -0.15) is 0 Å². The fourth-order valence-electron chi connectivity index (χ4n) is 2.00. The number of nitrogens with zero attached hydrogens (tertiary/aromatic N) is 1. The van der Waals surface area contributed by atoms with Crippen molar-refractivity contribution >= 4 is 11.0 Å². The average molecular weight is 240 g/mol. The minimum absolute atomic E-state index is 0.205. The molecule has 1 heterocycles. The molecule has 3 aromatic rings. The molecule has 0 fully saturated rings. The van der Waals surface area contributed by atoms with Gasteiger partial charge < -0.3 is 4.98 Å². The van der Waals surface area contributed by atoms with Gasteiger partial charge in [-0.1, -0.05) is 18.2 Å². The first-order valence-corrected chi connectivity index (χ1v) is 5.86. The molecular weight excluding hydrogens is 227 g/mol. The molecule has 0 aliphatic heterocycles. The molecule has 0 atom stereocenters. The quantitative estimate of drug-likeness (QED) is 0.684. The largest absolute Gasteiger partial charge is 0.338 e. The van der Waals surface area contributed by atoms with Crippen molar-refractivity contribution in [3.05, 3.63) is 53.3 Å². The molecule has 2 aromatic carbocycles. The van der Waals surface area contributed by atoms with Crippen LogP contribution in [0.4, 0.5) is 4.39 Å². The summed E-state index contributed by atoms with van der Waals surface area (Å²) in [6, 6.07) is 11.2. The van der Waals surface area contributed by atoms with Crippen LogP contribution in [0, 0.1) is 19.7 Å². The molecule has 0 spiro atoms. The number of fused-ring (bicyclic) bond motifs is 1. The van der Waals surface area contributed by atoms with Crippen LogP contribution in [0.5, 0.6) is 0 Å². The van der Waals surface area contributed by atoms with Crippen LogP contribution in [0.3, 0.4) is 0 Å². The van der Waals surface area contributed by atoms with Gasteiger partial charge in [-0.15, -0.1) is 0 Å². The lowest BCUT2D eigenvalue weighted by Gasteiger charge is -1.99. The van der Waals surface area contributed by atoms with E-state index in [2.05, 4.69) is 9.97 Å². The molecule has 3 heteroatoms. The Hall–Kier alpha value is -2.16. The Labute approximate surface area is 104 Å². The predicted molar refractivity (Wildman–Crippen MR) is 71.0 cm³/mol. The first kappa shape index (κ1) is 11.0. The van der Waals surface area contributed by atoms with E-state index in [1.165, 1.54) is 11.6 Å². The minimum Gasteiger partial charge on any atom is -0.338 e. The second-order valence-electron chi connectivity index (χ2n) is 4.57. The van der Waals surface area contributed by atoms with Crippen LogP contribution < -0.4 is 0 Å². The minimum atomic E-state index is -0.205. The molecule has 2 nitrogen and oxygen atoms in total. The monoisotopic (exact) mass is 240 g/mol. The highest BCUT2D eigenvalue weighted by atomic mass is 19.1. The first-order valence-electron chi connectivity index (χ1n) is 5.86. The summed E-state index contributed by atoms with van der Waals surface area (Å²) in [5.74, 6) is 0.499. The molecule has 90 valence electrons. The number of benzene rings is 2. The van der Waals surface area contributed by atoms with Gasteiger partial charge in [0.15, 0.2) is 0 Å². The van der Waals surface area contributed by atoms with Crippen LogP contribution in [0.1, 0.15) is 11.1 Å². The van der Waals surface area contributed by atoms with Gasteiger partial charge in [-0.25, -0.2) is 9.37 Å². The van der Waals surface area contributed by atoms with Gasteiger partial charge in [0, 0.05) is 5.56 Å².